The monoisotopic (exact) mass is 343 g/mol. The number of phenols is 1. The Morgan fingerprint density at radius 3 is 1.95 bits per heavy atom. The van der Waals surface area contributed by atoms with Crippen LogP contribution in [0.2, 0.25) is 0 Å². The topological polar surface area (TPSA) is 155 Å². The van der Waals surface area contributed by atoms with Crippen LogP contribution in [0.5, 0.6) is 5.75 Å². The van der Waals surface area contributed by atoms with Crippen molar-refractivity contribution in [3.63, 3.8) is 0 Å². The third kappa shape index (κ3) is 3.31. The van der Waals surface area contributed by atoms with Gasteiger partial charge in [-0.05, 0) is 12.1 Å². The van der Waals surface area contributed by atoms with Gasteiger partial charge in [0.1, 0.15) is 15.5 Å². The summed E-state index contributed by atoms with van der Waals surface area (Å²) in [6.07, 6.45) is 0. The first kappa shape index (κ1) is 18.2. The van der Waals surface area contributed by atoms with Crippen molar-refractivity contribution in [1.82, 2.24) is 0 Å². The number of benzene rings is 2. The number of aromatic hydroxyl groups is 1. The summed E-state index contributed by atoms with van der Waals surface area (Å²) in [5, 5.41) is 9.23. The van der Waals surface area contributed by atoms with E-state index in [2.05, 4.69) is 0 Å². The van der Waals surface area contributed by atoms with Crippen LogP contribution in [0.1, 0.15) is 0 Å². The molecular formula is C10H10NNaO7S2. The first-order valence-corrected chi connectivity index (χ1v) is 7.90. The quantitative estimate of drug-likeness (QED) is 0.337. The molecule has 11 heteroatoms. The van der Waals surface area contributed by atoms with Gasteiger partial charge in [0.15, 0.2) is 0 Å². The van der Waals surface area contributed by atoms with Gasteiger partial charge in [-0.3, -0.25) is 9.11 Å². The average molecular weight is 343 g/mol. The van der Waals surface area contributed by atoms with Crippen LogP contribution in [0.15, 0.2) is 34.1 Å². The molecule has 0 aromatic heterocycles. The number of fused-ring (bicyclic) bond motifs is 1. The number of hydrogen-bond donors (Lipinski definition) is 4. The fourth-order valence-electron chi connectivity index (χ4n) is 1.85. The van der Waals surface area contributed by atoms with Crippen LogP contribution in [0, 0.1) is 0 Å². The maximum absolute atomic E-state index is 11.3. The standard InChI is InChI=1S/C10H9NO7S2.Na.H/c11-10-8(20(16,17)18)4-7(19(13,14)15)5-2-1-3-6(12)9(5)10;;/h1-4,12H,11H2,(H,13,14,15)(H,16,17,18);;. The molecule has 0 aliphatic carbocycles. The van der Waals surface area contributed by atoms with Gasteiger partial charge in [0.25, 0.3) is 20.2 Å². The van der Waals surface area contributed by atoms with Crippen LogP contribution in [0.3, 0.4) is 0 Å². The Hall–Kier alpha value is -0.880. The zero-order valence-corrected chi connectivity index (χ0v) is 11.3. The predicted molar refractivity (Wildman–Crippen MR) is 76.8 cm³/mol. The van der Waals surface area contributed by atoms with Crippen molar-refractivity contribution in [2.24, 2.45) is 0 Å². The Morgan fingerprint density at radius 1 is 0.952 bits per heavy atom. The van der Waals surface area contributed by atoms with Crippen LogP contribution in [0.4, 0.5) is 5.69 Å². The second kappa shape index (κ2) is 5.72. The molecule has 0 saturated heterocycles. The van der Waals surface area contributed by atoms with E-state index < -0.39 is 41.5 Å². The third-order valence-corrected chi connectivity index (χ3v) is 4.45. The van der Waals surface area contributed by atoms with Gasteiger partial charge in [0.05, 0.1) is 5.69 Å². The third-order valence-electron chi connectivity index (χ3n) is 2.66. The van der Waals surface area contributed by atoms with Gasteiger partial charge in [-0.25, -0.2) is 0 Å². The van der Waals surface area contributed by atoms with E-state index in [0.29, 0.717) is 6.07 Å². The summed E-state index contributed by atoms with van der Waals surface area (Å²) in [6, 6.07) is 4.20. The molecule has 0 unspecified atom stereocenters. The van der Waals surface area contributed by atoms with Crippen molar-refractivity contribution in [2.75, 3.05) is 5.73 Å². The second-order valence-corrected chi connectivity index (χ2v) is 6.72. The van der Waals surface area contributed by atoms with Crippen molar-refractivity contribution in [3.05, 3.63) is 24.3 Å². The molecule has 0 aliphatic heterocycles. The van der Waals surface area contributed by atoms with Crippen molar-refractivity contribution in [3.8, 4) is 5.75 Å². The number of hydrogen-bond acceptors (Lipinski definition) is 6. The van der Waals surface area contributed by atoms with Crippen LogP contribution in [0.25, 0.3) is 10.8 Å². The zero-order valence-electron chi connectivity index (χ0n) is 9.68. The van der Waals surface area contributed by atoms with E-state index in [1.54, 1.807) is 0 Å². The van der Waals surface area contributed by atoms with Gasteiger partial charge >= 0.3 is 29.6 Å². The molecule has 8 nitrogen and oxygen atoms in total. The van der Waals surface area contributed by atoms with Crippen molar-refractivity contribution in [2.45, 2.75) is 9.79 Å². The Kier molecular flexibility index (Phi) is 4.95. The molecule has 0 amide bonds. The fraction of sp³-hybridized carbons (Fsp3) is 0. The first-order chi connectivity index (χ1) is 9.03. The van der Waals surface area contributed by atoms with E-state index in [9.17, 15) is 21.9 Å². The molecule has 110 valence electrons. The number of nitrogens with two attached hydrogens (primary N) is 1. The molecule has 5 N–H and O–H groups in total. The Morgan fingerprint density at radius 2 is 1.48 bits per heavy atom. The van der Waals surface area contributed by atoms with Gasteiger partial charge < -0.3 is 10.8 Å². The average Bonchev–Trinajstić information content (AvgIpc) is 2.25. The molecule has 21 heavy (non-hydrogen) atoms. The van der Waals surface area contributed by atoms with Gasteiger partial charge in [0.2, 0.25) is 0 Å². The number of rotatable bonds is 2. The van der Waals surface area contributed by atoms with Gasteiger partial charge in [0, 0.05) is 10.8 Å². The Balaban J connectivity index is 0.00000220. The molecule has 0 aliphatic rings. The summed E-state index contributed by atoms with van der Waals surface area (Å²) < 4.78 is 63.2. The molecule has 2 aromatic rings. The summed E-state index contributed by atoms with van der Waals surface area (Å²) in [4.78, 5) is -1.70. The zero-order chi connectivity index (χ0) is 15.3. The van der Waals surface area contributed by atoms with Crippen molar-refractivity contribution < 1.29 is 31.0 Å². The second-order valence-electron chi connectivity index (χ2n) is 3.94. The van der Waals surface area contributed by atoms with E-state index in [1.165, 1.54) is 12.1 Å². The molecule has 0 radical (unpaired) electrons. The van der Waals surface area contributed by atoms with E-state index in [1.807, 2.05) is 0 Å². The van der Waals surface area contributed by atoms with Gasteiger partial charge in [-0.15, -0.1) is 0 Å². The number of nitrogen functional groups attached to an aromatic ring is 1. The van der Waals surface area contributed by atoms with Crippen LogP contribution in [-0.2, 0) is 20.2 Å². The first-order valence-electron chi connectivity index (χ1n) is 5.02. The molecule has 2 rings (SSSR count). The summed E-state index contributed by atoms with van der Waals surface area (Å²) in [5.41, 5.74) is 5.02. The van der Waals surface area contributed by atoms with Crippen LogP contribution < -0.4 is 5.73 Å². The van der Waals surface area contributed by atoms with Crippen LogP contribution in [-0.4, -0.2) is 60.6 Å². The summed E-state index contributed by atoms with van der Waals surface area (Å²) in [6.45, 7) is 0. The molecular weight excluding hydrogens is 333 g/mol. The van der Waals surface area contributed by atoms with Crippen molar-refractivity contribution >= 4 is 66.3 Å². The normalized spacial score (nSPS) is 12.1. The van der Waals surface area contributed by atoms with Gasteiger partial charge in [-0.1, -0.05) is 12.1 Å². The van der Waals surface area contributed by atoms with E-state index in [4.69, 9.17) is 14.8 Å². The number of anilines is 1. The van der Waals surface area contributed by atoms with Crippen LogP contribution >= 0.6 is 0 Å². The maximum atomic E-state index is 11.3. The molecule has 0 fully saturated rings. The van der Waals surface area contributed by atoms with Gasteiger partial charge in [-0.2, -0.15) is 16.8 Å². The molecule has 0 saturated carbocycles. The molecule has 0 atom stereocenters. The fourth-order valence-corrected chi connectivity index (χ4v) is 3.29. The SMILES string of the molecule is Nc1c(S(=O)(=O)O)cc(S(=O)(=O)O)c2cccc(O)c12.[NaH]. The summed E-state index contributed by atoms with van der Waals surface area (Å²) in [5.74, 6) is -0.490. The summed E-state index contributed by atoms with van der Waals surface area (Å²) in [7, 11) is -9.62. The number of phenolic OH excluding ortho intramolecular Hbond substituents is 1. The van der Waals surface area contributed by atoms with E-state index in [-0.39, 0.29) is 40.3 Å². The molecule has 2 aromatic carbocycles. The Bertz CT molecular complexity index is 922. The summed E-state index contributed by atoms with van der Waals surface area (Å²) >= 11 is 0. The van der Waals surface area contributed by atoms with E-state index in [0.717, 1.165) is 6.07 Å². The Labute approximate surface area is 142 Å². The molecule has 0 bridgehead atoms. The molecule has 0 heterocycles. The molecule has 0 spiro atoms. The minimum absolute atomic E-state index is 0. The van der Waals surface area contributed by atoms with Crippen molar-refractivity contribution in [1.29, 1.82) is 0 Å². The van der Waals surface area contributed by atoms with E-state index >= 15 is 0 Å². The predicted octanol–water partition coefficient (Wildman–Crippen LogP) is -0.0275. The minimum atomic E-state index is -4.84.